The molecule has 1 nitrogen and oxygen atoms in total. The lowest BCUT2D eigenvalue weighted by Gasteiger charge is -2.40. The smallest absolute Gasteiger partial charge is 0.0756 e. The van der Waals surface area contributed by atoms with E-state index in [0.29, 0.717) is 6.10 Å². The number of allylic oxidation sites excluding steroid dienone is 1. The number of ether oxygens (including phenoxy) is 1. The molecule has 1 heteroatoms. The second-order valence-corrected chi connectivity index (χ2v) is 13.1. The molecule has 2 unspecified atom stereocenters. The Labute approximate surface area is 213 Å². The van der Waals surface area contributed by atoms with E-state index in [1.165, 1.54) is 103 Å². The zero-order valence-electron chi connectivity index (χ0n) is 23.0. The van der Waals surface area contributed by atoms with E-state index in [9.17, 15) is 0 Å². The molecule has 196 valence electrons. The van der Waals surface area contributed by atoms with Crippen molar-refractivity contribution in [3.63, 3.8) is 0 Å². The van der Waals surface area contributed by atoms with Gasteiger partial charge in [-0.15, -0.1) is 0 Å². The topological polar surface area (TPSA) is 9.23 Å². The molecular formula is C33H58O. The van der Waals surface area contributed by atoms with Crippen molar-refractivity contribution in [2.24, 2.45) is 41.4 Å². The fraction of sp³-hybridized carbons (Fsp3) is 0.939. The largest absolute Gasteiger partial charge is 0.374 e. The average Bonchev–Trinajstić information content (AvgIpc) is 2.89. The third-order valence-corrected chi connectivity index (χ3v) is 10.8. The van der Waals surface area contributed by atoms with Gasteiger partial charge in [0.1, 0.15) is 0 Å². The van der Waals surface area contributed by atoms with Crippen LogP contribution in [0.5, 0.6) is 0 Å². The predicted octanol–water partition coefficient (Wildman–Crippen LogP) is 10.1. The summed E-state index contributed by atoms with van der Waals surface area (Å²) >= 11 is 0. The fourth-order valence-electron chi connectivity index (χ4n) is 8.38. The Bertz CT molecular complexity index is 557. The summed E-state index contributed by atoms with van der Waals surface area (Å²) in [5.74, 6) is 6.85. The Morgan fingerprint density at radius 3 is 1.74 bits per heavy atom. The molecule has 0 bridgehead atoms. The van der Waals surface area contributed by atoms with E-state index in [-0.39, 0.29) is 0 Å². The SMILES string of the molecule is CCCCCC1CCC(C2CCC(C3C=CC(OCC4CCC(CCC)CC4)CC3)CC2)CC1. The lowest BCUT2D eigenvalue weighted by molar-refractivity contribution is 0.0281. The monoisotopic (exact) mass is 470 g/mol. The van der Waals surface area contributed by atoms with Crippen molar-refractivity contribution < 1.29 is 4.74 Å². The van der Waals surface area contributed by atoms with Gasteiger partial charge in [-0.3, -0.25) is 0 Å². The van der Waals surface area contributed by atoms with Gasteiger partial charge in [0.05, 0.1) is 12.7 Å². The van der Waals surface area contributed by atoms with Crippen LogP contribution in [-0.4, -0.2) is 12.7 Å². The quantitative estimate of drug-likeness (QED) is 0.215. The molecule has 4 aliphatic rings. The van der Waals surface area contributed by atoms with Crippen LogP contribution >= 0.6 is 0 Å². The van der Waals surface area contributed by atoms with Crippen molar-refractivity contribution in [2.45, 2.75) is 148 Å². The van der Waals surface area contributed by atoms with Crippen LogP contribution in [0.2, 0.25) is 0 Å². The highest BCUT2D eigenvalue weighted by atomic mass is 16.5. The second kappa shape index (κ2) is 14.4. The molecule has 0 aromatic heterocycles. The van der Waals surface area contributed by atoms with Crippen LogP contribution < -0.4 is 0 Å². The summed E-state index contributed by atoms with van der Waals surface area (Å²) in [5.41, 5.74) is 0. The van der Waals surface area contributed by atoms with Gasteiger partial charge >= 0.3 is 0 Å². The van der Waals surface area contributed by atoms with Crippen LogP contribution in [0.3, 0.4) is 0 Å². The van der Waals surface area contributed by atoms with Gasteiger partial charge in [-0.25, -0.2) is 0 Å². The zero-order chi connectivity index (χ0) is 23.6. The van der Waals surface area contributed by atoms with Gasteiger partial charge in [-0.05, 0) is 106 Å². The van der Waals surface area contributed by atoms with E-state index >= 15 is 0 Å². The van der Waals surface area contributed by atoms with Crippen LogP contribution in [0.1, 0.15) is 142 Å². The average molecular weight is 471 g/mol. The van der Waals surface area contributed by atoms with Crippen molar-refractivity contribution in [2.75, 3.05) is 6.61 Å². The van der Waals surface area contributed by atoms with Crippen LogP contribution in [-0.2, 0) is 4.74 Å². The van der Waals surface area contributed by atoms with Crippen LogP contribution in [0.25, 0.3) is 0 Å². The van der Waals surface area contributed by atoms with E-state index in [1.807, 2.05) is 0 Å². The molecule has 0 heterocycles. The maximum Gasteiger partial charge on any atom is 0.0756 e. The minimum absolute atomic E-state index is 0.411. The summed E-state index contributed by atoms with van der Waals surface area (Å²) in [6, 6.07) is 0. The summed E-state index contributed by atoms with van der Waals surface area (Å²) in [6.07, 6.45) is 34.7. The van der Waals surface area contributed by atoms with E-state index in [0.717, 1.165) is 48.0 Å². The third-order valence-electron chi connectivity index (χ3n) is 10.8. The first-order valence-corrected chi connectivity index (χ1v) is 16.0. The number of hydrogen-bond acceptors (Lipinski definition) is 1. The van der Waals surface area contributed by atoms with Crippen molar-refractivity contribution >= 4 is 0 Å². The van der Waals surface area contributed by atoms with Crippen LogP contribution in [0, 0.1) is 41.4 Å². The van der Waals surface area contributed by atoms with E-state index in [2.05, 4.69) is 26.0 Å². The molecule has 4 rings (SSSR count). The Balaban J connectivity index is 1.09. The van der Waals surface area contributed by atoms with Gasteiger partial charge in [-0.2, -0.15) is 0 Å². The minimum Gasteiger partial charge on any atom is -0.374 e. The van der Waals surface area contributed by atoms with Crippen molar-refractivity contribution in [1.82, 2.24) is 0 Å². The molecule has 0 radical (unpaired) electrons. The molecule has 0 aliphatic heterocycles. The maximum atomic E-state index is 6.40. The minimum atomic E-state index is 0.411. The molecule has 0 spiro atoms. The number of rotatable bonds is 11. The zero-order valence-corrected chi connectivity index (χ0v) is 23.0. The molecule has 2 atom stereocenters. The second-order valence-electron chi connectivity index (χ2n) is 13.1. The molecule has 0 saturated heterocycles. The first-order chi connectivity index (χ1) is 16.7. The molecule has 3 saturated carbocycles. The fourth-order valence-corrected chi connectivity index (χ4v) is 8.38. The Hall–Kier alpha value is -0.300. The summed E-state index contributed by atoms with van der Waals surface area (Å²) in [4.78, 5) is 0. The number of unbranched alkanes of at least 4 members (excludes halogenated alkanes) is 2. The highest BCUT2D eigenvalue weighted by molar-refractivity contribution is 5.02. The van der Waals surface area contributed by atoms with Gasteiger partial charge in [-0.1, -0.05) is 90.2 Å². The Morgan fingerprint density at radius 2 is 1.12 bits per heavy atom. The molecule has 3 fully saturated rings. The standard InChI is InChI=1S/C33H58O/c1-3-5-6-8-27-13-15-29(16-14-27)30-17-19-31(20-18-30)32-21-23-33(24-22-32)34-25-28-11-9-26(7-4-2)10-12-28/h21,23,26-33H,3-20,22,24-25H2,1-2H3. The first kappa shape index (κ1) is 26.8. The van der Waals surface area contributed by atoms with Crippen LogP contribution in [0.15, 0.2) is 12.2 Å². The molecular weight excluding hydrogens is 412 g/mol. The van der Waals surface area contributed by atoms with Gasteiger partial charge in [0.25, 0.3) is 0 Å². The summed E-state index contributed by atoms with van der Waals surface area (Å²) in [7, 11) is 0. The van der Waals surface area contributed by atoms with E-state index < -0.39 is 0 Å². The lowest BCUT2D eigenvalue weighted by Crippen LogP contribution is -2.29. The third kappa shape index (κ3) is 8.11. The predicted molar refractivity (Wildman–Crippen MR) is 147 cm³/mol. The maximum absolute atomic E-state index is 6.40. The van der Waals surface area contributed by atoms with Gasteiger partial charge in [0.2, 0.25) is 0 Å². The first-order valence-electron chi connectivity index (χ1n) is 16.0. The molecule has 4 aliphatic carbocycles. The Kier molecular flexibility index (Phi) is 11.4. The van der Waals surface area contributed by atoms with Crippen molar-refractivity contribution in [3.8, 4) is 0 Å². The molecule has 0 amide bonds. The molecule has 0 aromatic rings. The highest BCUT2D eigenvalue weighted by Gasteiger charge is 2.33. The van der Waals surface area contributed by atoms with Gasteiger partial charge in [0, 0.05) is 0 Å². The normalized spacial score (nSPS) is 39.2. The van der Waals surface area contributed by atoms with E-state index in [1.54, 1.807) is 25.7 Å². The Morgan fingerprint density at radius 1 is 0.529 bits per heavy atom. The lowest BCUT2D eigenvalue weighted by atomic mass is 9.66. The van der Waals surface area contributed by atoms with E-state index in [4.69, 9.17) is 4.74 Å². The van der Waals surface area contributed by atoms with Crippen LogP contribution in [0.4, 0.5) is 0 Å². The van der Waals surface area contributed by atoms with Crippen molar-refractivity contribution in [3.05, 3.63) is 12.2 Å². The summed E-state index contributed by atoms with van der Waals surface area (Å²) in [5, 5.41) is 0. The molecule has 34 heavy (non-hydrogen) atoms. The van der Waals surface area contributed by atoms with Gasteiger partial charge in [0.15, 0.2) is 0 Å². The highest BCUT2D eigenvalue weighted by Crippen LogP contribution is 2.45. The van der Waals surface area contributed by atoms with Gasteiger partial charge < -0.3 is 4.74 Å². The molecule has 0 aromatic carbocycles. The molecule has 0 N–H and O–H groups in total. The summed E-state index contributed by atoms with van der Waals surface area (Å²) in [6.45, 7) is 5.69. The number of hydrogen-bond donors (Lipinski definition) is 0. The summed E-state index contributed by atoms with van der Waals surface area (Å²) < 4.78 is 6.40. The van der Waals surface area contributed by atoms with Crippen molar-refractivity contribution in [1.29, 1.82) is 0 Å².